The summed E-state index contributed by atoms with van der Waals surface area (Å²) in [4.78, 5) is 12.6. The molecule has 1 atom stereocenters. The van der Waals surface area contributed by atoms with Crippen LogP contribution in [0.2, 0.25) is 0 Å². The zero-order valence-corrected chi connectivity index (χ0v) is 18.0. The second-order valence-electron chi connectivity index (χ2n) is 7.65. The third-order valence-corrected chi connectivity index (χ3v) is 4.89. The SMILES string of the molecule is CC(C)c1cc(NC(=O)C(N)Cc2ccccc2)cc(C(C)C)c1OS(N)(=O)=O. The van der Waals surface area contributed by atoms with Gasteiger partial charge in [-0.1, -0.05) is 58.0 Å². The van der Waals surface area contributed by atoms with Crippen LogP contribution in [0, 0.1) is 0 Å². The highest BCUT2D eigenvalue weighted by Crippen LogP contribution is 2.38. The Morgan fingerprint density at radius 2 is 1.55 bits per heavy atom. The van der Waals surface area contributed by atoms with Crippen LogP contribution in [0.25, 0.3) is 0 Å². The zero-order chi connectivity index (χ0) is 21.8. The van der Waals surface area contributed by atoms with Crippen molar-refractivity contribution in [2.75, 3.05) is 5.32 Å². The highest BCUT2D eigenvalue weighted by Gasteiger charge is 2.22. The first kappa shape index (κ1) is 22.9. The lowest BCUT2D eigenvalue weighted by atomic mass is 9.93. The number of carbonyl (C=O) groups excluding carboxylic acids is 1. The molecule has 1 amide bonds. The topological polar surface area (TPSA) is 125 Å². The van der Waals surface area contributed by atoms with Gasteiger partial charge in [0.1, 0.15) is 0 Å². The molecule has 29 heavy (non-hydrogen) atoms. The van der Waals surface area contributed by atoms with Gasteiger partial charge in [0.05, 0.1) is 6.04 Å². The molecule has 158 valence electrons. The average molecular weight is 420 g/mol. The fourth-order valence-corrected chi connectivity index (χ4v) is 3.44. The van der Waals surface area contributed by atoms with Gasteiger partial charge in [-0.3, -0.25) is 4.79 Å². The van der Waals surface area contributed by atoms with Gasteiger partial charge in [0.15, 0.2) is 5.75 Å². The number of anilines is 1. The summed E-state index contributed by atoms with van der Waals surface area (Å²) in [5.74, 6) is -0.222. The number of benzene rings is 2. The molecule has 0 saturated heterocycles. The van der Waals surface area contributed by atoms with Gasteiger partial charge >= 0.3 is 10.3 Å². The van der Waals surface area contributed by atoms with Crippen molar-refractivity contribution in [3.63, 3.8) is 0 Å². The van der Waals surface area contributed by atoms with Gasteiger partial charge in [-0.15, -0.1) is 0 Å². The number of hydrogen-bond donors (Lipinski definition) is 3. The largest absolute Gasteiger partial charge is 0.380 e. The van der Waals surface area contributed by atoms with Crippen LogP contribution in [0.5, 0.6) is 5.75 Å². The number of nitrogens with one attached hydrogen (secondary N) is 1. The molecule has 0 aliphatic heterocycles. The van der Waals surface area contributed by atoms with Gasteiger partial charge in [-0.25, -0.2) is 0 Å². The summed E-state index contributed by atoms with van der Waals surface area (Å²) in [6.45, 7) is 7.62. The molecule has 0 fully saturated rings. The van der Waals surface area contributed by atoms with Gasteiger partial charge in [-0.05, 0) is 36.0 Å². The van der Waals surface area contributed by atoms with E-state index in [9.17, 15) is 13.2 Å². The van der Waals surface area contributed by atoms with Gasteiger partial charge in [-0.2, -0.15) is 13.6 Å². The van der Waals surface area contributed by atoms with Crippen LogP contribution in [0.3, 0.4) is 0 Å². The molecule has 0 aliphatic carbocycles. The Hall–Kier alpha value is -2.42. The summed E-state index contributed by atoms with van der Waals surface area (Å²) >= 11 is 0. The van der Waals surface area contributed by atoms with Crippen molar-refractivity contribution in [1.82, 2.24) is 0 Å². The van der Waals surface area contributed by atoms with Crippen molar-refractivity contribution < 1.29 is 17.4 Å². The van der Waals surface area contributed by atoms with Crippen LogP contribution in [-0.2, 0) is 21.5 Å². The van der Waals surface area contributed by atoms with E-state index in [0.717, 1.165) is 5.56 Å². The molecule has 0 spiro atoms. The lowest BCUT2D eigenvalue weighted by Crippen LogP contribution is -2.37. The highest BCUT2D eigenvalue weighted by molar-refractivity contribution is 7.84. The molecular formula is C21H29N3O4S. The van der Waals surface area contributed by atoms with Crippen molar-refractivity contribution in [3.05, 3.63) is 59.2 Å². The molecule has 5 N–H and O–H groups in total. The van der Waals surface area contributed by atoms with E-state index >= 15 is 0 Å². The number of amides is 1. The van der Waals surface area contributed by atoms with E-state index in [1.54, 1.807) is 12.1 Å². The molecule has 0 aromatic heterocycles. The molecule has 0 aliphatic rings. The molecule has 0 heterocycles. The first-order chi connectivity index (χ1) is 13.5. The van der Waals surface area contributed by atoms with Crippen LogP contribution in [0.15, 0.2) is 42.5 Å². The summed E-state index contributed by atoms with van der Waals surface area (Å²) < 4.78 is 28.2. The van der Waals surface area contributed by atoms with E-state index in [-0.39, 0.29) is 23.5 Å². The fourth-order valence-electron chi connectivity index (χ4n) is 3.01. The minimum Gasteiger partial charge on any atom is -0.370 e. The molecule has 0 saturated carbocycles. The summed E-state index contributed by atoms with van der Waals surface area (Å²) in [7, 11) is -4.18. The van der Waals surface area contributed by atoms with Gasteiger partial charge < -0.3 is 15.2 Å². The third kappa shape index (κ3) is 6.56. The molecule has 1 unspecified atom stereocenters. The Bertz CT molecular complexity index is 928. The number of carbonyl (C=O) groups is 1. The van der Waals surface area contributed by atoms with Crippen molar-refractivity contribution in [3.8, 4) is 5.75 Å². The Morgan fingerprint density at radius 3 is 2.00 bits per heavy atom. The van der Waals surface area contributed by atoms with E-state index < -0.39 is 16.3 Å². The summed E-state index contributed by atoms with van der Waals surface area (Å²) in [5.41, 5.74) is 8.85. The normalized spacial score (nSPS) is 12.8. The minimum atomic E-state index is -4.18. The van der Waals surface area contributed by atoms with Crippen molar-refractivity contribution in [2.45, 2.75) is 52.0 Å². The smallest absolute Gasteiger partial charge is 0.370 e. The maximum absolute atomic E-state index is 12.6. The number of nitrogens with two attached hydrogens (primary N) is 2. The monoisotopic (exact) mass is 419 g/mol. The number of hydrogen-bond acceptors (Lipinski definition) is 5. The maximum atomic E-state index is 12.6. The van der Waals surface area contributed by atoms with E-state index in [1.807, 2.05) is 58.0 Å². The Morgan fingerprint density at radius 1 is 1.03 bits per heavy atom. The Labute approximate surface area is 172 Å². The van der Waals surface area contributed by atoms with E-state index in [2.05, 4.69) is 5.32 Å². The predicted molar refractivity (Wildman–Crippen MR) is 115 cm³/mol. The molecule has 2 aromatic carbocycles. The molecule has 0 bridgehead atoms. The van der Waals surface area contributed by atoms with Crippen molar-refractivity contribution in [1.29, 1.82) is 0 Å². The lowest BCUT2D eigenvalue weighted by Gasteiger charge is -2.21. The van der Waals surface area contributed by atoms with Gasteiger partial charge in [0, 0.05) is 16.8 Å². The summed E-state index contributed by atoms with van der Waals surface area (Å²) in [6.07, 6.45) is 0.410. The standard InChI is InChI=1S/C21H29N3O4S/c1-13(2)17-11-16(12-18(14(3)4)20(17)28-29(23,26)27)24-21(25)19(22)10-15-8-6-5-7-9-15/h5-9,11-14,19H,10,22H2,1-4H3,(H,24,25)(H2,23,26,27). The van der Waals surface area contributed by atoms with E-state index in [4.69, 9.17) is 15.1 Å². The Balaban J connectivity index is 2.34. The quantitative estimate of drug-likeness (QED) is 0.606. The van der Waals surface area contributed by atoms with Crippen LogP contribution in [0.1, 0.15) is 56.2 Å². The number of rotatable bonds is 8. The van der Waals surface area contributed by atoms with Crippen LogP contribution in [0.4, 0.5) is 5.69 Å². The van der Waals surface area contributed by atoms with E-state index in [1.165, 1.54) is 0 Å². The van der Waals surface area contributed by atoms with Crippen LogP contribution in [-0.4, -0.2) is 20.4 Å². The molecular weight excluding hydrogens is 390 g/mol. The average Bonchev–Trinajstić information content (AvgIpc) is 2.61. The minimum absolute atomic E-state index is 0.0564. The molecule has 2 rings (SSSR count). The summed E-state index contributed by atoms with van der Waals surface area (Å²) in [5, 5.41) is 7.94. The van der Waals surface area contributed by atoms with Gasteiger partial charge in [0.25, 0.3) is 0 Å². The lowest BCUT2D eigenvalue weighted by molar-refractivity contribution is -0.117. The predicted octanol–water partition coefficient (Wildman–Crippen LogP) is 3.02. The van der Waals surface area contributed by atoms with Crippen LogP contribution < -0.4 is 20.4 Å². The maximum Gasteiger partial charge on any atom is 0.380 e. The second kappa shape index (κ2) is 9.39. The molecule has 8 heteroatoms. The second-order valence-corrected chi connectivity index (χ2v) is 8.81. The fraction of sp³-hybridized carbons (Fsp3) is 0.381. The van der Waals surface area contributed by atoms with E-state index in [0.29, 0.717) is 23.2 Å². The first-order valence-corrected chi connectivity index (χ1v) is 11.0. The van der Waals surface area contributed by atoms with Crippen molar-refractivity contribution >= 4 is 21.9 Å². The zero-order valence-electron chi connectivity index (χ0n) is 17.2. The Kier molecular flexibility index (Phi) is 7.40. The van der Waals surface area contributed by atoms with Crippen molar-refractivity contribution in [2.24, 2.45) is 10.9 Å². The highest BCUT2D eigenvalue weighted by atomic mass is 32.2. The summed E-state index contributed by atoms with van der Waals surface area (Å²) in [6, 6.07) is 12.2. The third-order valence-electron chi connectivity index (χ3n) is 4.49. The molecule has 2 aromatic rings. The molecule has 7 nitrogen and oxygen atoms in total. The first-order valence-electron chi connectivity index (χ1n) is 9.48. The molecule has 0 radical (unpaired) electrons. The van der Waals surface area contributed by atoms with Crippen LogP contribution >= 0.6 is 0 Å². The van der Waals surface area contributed by atoms with Gasteiger partial charge in [0.2, 0.25) is 5.91 Å².